The zero-order valence-electron chi connectivity index (χ0n) is 23.7. The van der Waals surface area contributed by atoms with E-state index in [4.69, 9.17) is 0 Å². The molecule has 3 aromatic rings. The quantitative estimate of drug-likeness (QED) is 0.306. The Hall–Kier alpha value is -8.62. The summed E-state index contributed by atoms with van der Waals surface area (Å²) in [6, 6.07) is 24.5. The maximum atomic E-state index is 17.2. The summed E-state index contributed by atoms with van der Waals surface area (Å²) in [5.41, 5.74) is -7.88. The molecule has 0 atom stereocenters. The number of rotatable bonds is 2. The minimum atomic E-state index is -1.38. The zero-order chi connectivity index (χ0) is 34.9. The van der Waals surface area contributed by atoms with Gasteiger partial charge >= 0.3 is 0 Å². The summed E-state index contributed by atoms with van der Waals surface area (Å²) in [5, 5.41) is 98.2. The molecule has 12 heteroatoms. The van der Waals surface area contributed by atoms with Crippen molar-refractivity contribution in [3.05, 3.63) is 115 Å². The van der Waals surface area contributed by atoms with E-state index in [1.54, 1.807) is 48.6 Å². The Morgan fingerprint density at radius 1 is 0.417 bits per heavy atom. The molecule has 0 aromatic heterocycles. The highest BCUT2D eigenvalue weighted by Crippen LogP contribution is 2.57. The normalized spacial score (nSPS) is 11.9. The lowest BCUT2D eigenvalue weighted by Gasteiger charge is -2.14. The molecule has 0 radical (unpaired) electrons. The third-order valence-electron chi connectivity index (χ3n) is 7.65. The second-order valence-corrected chi connectivity index (χ2v) is 9.77. The van der Waals surface area contributed by atoms with E-state index < -0.39 is 67.3 Å². The first kappa shape index (κ1) is 30.8. The van der Waals surface area contributed by atoms with Crippen LogP contribution in [-0.4, -0.2) is 0 Å². The summed E-state index contributed by atoms with van der Waals surface area (Å²) in [6.07, 6.45) is 0. The van der Waals surface area contributed by atoms with Gasteiger partial charge in [0.2, 0.25) is 0 Å². The van der Waals surface area contributed by atoms with Crippen molar-refractivity contribution in [2.45, 2.75) is 0 Å². The highest BCUT2D eigenvalue weighted by molar-refractivity contribution is 6.30. The van der Waals surface area contributed by atoms with Crippen molar-refractivity contribution >= 4 is 33.4 Å². The van der Waals surface area contributed by atoms with Crippen LogP contribution in [0, 0.1) is 125 Å². The van der Waals surface area contributed by atoms with Gasteiger partial charge in [-0.1, -0.05) is 12.1 Å². The first-order chi connectivity index (χ1) is 23.2. The molecule has 3 aromatic carbocycles. The van der Waals surface area contributed by atoms with Crippen LogP contribution < -0.4 is 0 Å². The van der Waals surface area contributed by atoms with Gasteiger partial charge in [-0.3, -0.25) is 0 Å². The number of halogens is 2. The number of hydrogen-bond donors (Lipinski definition) is 0. The lowest BCUT2D eigenvalue weighted by Crippen LogP contribution is -2.05. The highest BCUT2D eigenvalue weighted by atomic mass is 19.1. The van der Waals surface area contributed by atoms with E-state index in [2.05, 4.69) is 0 Å². The molecule has 0 heterocycles. The third-order valence-corrected chi connectivity index (χ3v) is 7.65. The van der Waals surface area contributed by atoms with E-state index in [1.165, 1.54) is 24.3 Å². The van der Waals surface area contributed by atoms with Crippen molar-refractivity contribution in [3.63, 3.8) is 0 Å². The maximum absolute atomic E-state index is 17.2. The predicted octanol–water partition coefficient (Wildman–Crippen LogP) is 5.95. The Balaban J connectivity index is 2.03. The van der Waals surface area contributed by atoms with Gasteiger partial charge < -0.3 is 0 Å². The highest BCUT2D eigenvalue weighted by Gasteiger charge is 2.44. The van der Waals surface area contributed by atoms with Crippen molar-refractivity contribution < 1.29 is 8.78 Å². The molecule has 0 N–H and O–H groups in total. The smallest absolute Gasteiger partial charge is 0.141 e. The second-order valence-electron chi connectivity index (χ2n) is 9.77. The second kappa shape index (κ2) is 11.8. The van der Waals surface area contributed by atoms with E-state index in [9.17, 15) is 52.6 Å². The van der Waals surface area contributed by atoms with Crippen LogP contribution in [0.2, 0.25) is 0 Å². The molecule has 0 unspecified atom stereocenters. The Morgan fingerprint density at radius 2 is 0.750 bits per heavy atom. The average molecular weight is 617 g/mol. The molecule has 0 fully saturated rings. The Morgan fingerprint density at radius 3 is 1.04 bits per heavy atom. The third kappa shape index (κ3) is 4.14. The molecule has 0 saturated carbocycles. The summed E-state index contributed by atoms with van der Waals surface area (Å²) in [7, 11) is 0. The maximum Gasteiger partial charge on any atom is 0.141 e. The van der Waals surface area contributed by atoms with Crippen LogP contribution in [0.25, 0.3) is 33.4 Å². The average Bonchev–Trinajstić information content (AvgIpc) is 3.65. The molecule has 5 rings (SSSR count). The van der Waals surface area contributed by atoms with E-state index in [0.717, 1.165) is 12.1 Å². The molecular weight excluding hydrogens is 610 g/mol. The fraction of sp³-hybridized carbons (Fsp3) is 0. The molecule has 10 nitrogen and oxygen atoms in total. The fourth-order valence-electron chi connectivity index (χ4n) is 5.73. The van der Waals surface area contributed by atoms with Gasteiger partial charge in [0.15, 0.2) is 0 Å². The summed E-state index contributed by atoms with van der Waals surface area (Å²) in [5.74, 6) is -2.74. The van der Waals surface area contributed by atoms with E-state index in [0.29, 0.717) is 0 Å². The van der Waals surface area contributed by atoms with Gasteiger partial charge in [-0.2, -0.15) is 52.6 Å². The summed E-state index contributed by atoms with van der Waals surface area (Å²) in [4.78, 5) is 0. The van der Waals surface area contributed by atoms with Gasteiger partial charge in [0, 0.05) is 44.5 Å². The Labute approximate surface area is 270 Å². The first-order valence-corrected chi connectivity index (χ1v) is 13.1. The van der Waals surface area contributed by atoms with Gasteiger partial charge in [-0.15, -0.1) is 0 Å². The van der Waals surface area contributed by atoms with Crippen molar-refractivity contribution in [1.82, 2.24) is 0 Å². The van der Waals surface area contributed by atoms with Crippen molar-refractivity contribution in [2.24, 2.45) is 0 Å². The largest absolute Gasteiger partial charge is 0.206 e. The minimum Gasteiger partial charge on any atom is -0.206 e. The SMILES string of the molecule is N#CC(C#N)=C1C(c2ccc(C#N)c(C#N)c2)=C(C#N)c2c(F)c3c(c(F)c21)C(=C(C#N)C#N)C(c1ccc(C#N)c(C#N)c1)=C3C#N. The monoisotopic (exact) mass is 616 g/mol. The van der Waals surface area contributed by atoms with Gasteiger partial charge in [0.1, 0.15) is 83.5 Å². The van der Waals surface area contributed by atoms with Gasteiger partial charge in [-0.25, -0.2) is 8.78 Å². The van der Waals surface area contributed by atoms with E-state index in [1.807, 2.05) is 12.1 Å². The Bertz CT molecular complexity index is 2470. The standard InChI is InChI=1S/C36H6F2N10/c37-35-31-25(15-47)27(17-1-3-19(7-39)21(5-17)9-41)29(23(11-43)12-44)33(31)36(38)34-30(24(13-45)14-46)28(26(16-48)32(34)35)18-2-4-20(8-40)22(6-18)10-42/h1-6H. The number of hydrogen-bond acceptors (Lipinski definition) is 10. The van der Waals surface area contributed by atoms with Crippen LogP contribution in [-0.2, 0) is 0 Å². The number of fused-ring (bicyclic) bond motifs is 2. The summed E-state index contributed by atoms with van der Waals surface area (Å²) in [6.45, 7) is 0. The molecular formula is C36H6F2N10. The minimum absolute atomic E-state index is 0.0425. The topological polar surface area (TPSA) is 238 Å². The van der Waals surface area contributed by atoms with Crippen molar-refractivity contribution in [2.75, 3.05) is 0 Å². The van der Waals surface area contributed by atoms with E-state index in [-0.39, 0.29) is 44.5 Å². The van der Waals surface area contributed by atoms with Crippen LogP contribution in [0.15, 0.2) is 47.5 Å². The predicted molar refractivity (Wildman–Crippen MR) is 159 cm³/mol. The Kier molecular flexibility index (Phi) is 7.59. The van der Waals surface area contributed by atoms with Crippen molar-refractivity contribution in [3.8, 4) is 60.7 Å². The van der Waals surface area contributed by atoms with Gasteiger partial charge in [-0.05, 0) is 35.4 Å². The molecule has 0 saturated heterocycles. The summed E-state index contributed by atoms with van der Waals surface area (Å²) < 4.78 is 34.2. The van der Waals surface area contributed by atoms with Gasteiger partial charge in [0.25, 0.3) is 0 Å². The zero-order valence-corrected chi connectivity index (χ0v) is 23.7. The number of benzene rings is 3. The molecule has 0 amide bonds. The van der Waals surface area contributed by atoms with Crippen LogP contribution in [0.5, 0.6) is 0 Å². The lowest BCUT2D eigenvalue weighted by molar-refractivity contribution is 0.590. The molecule has 0 spiro atoms. The summed E-state index contributed by atoms with van der Waals surface area (Å²) >= 11 is 0. The number of nitrogens with zero attached hydrogens (tertiary/aromatic N) is 10. The molecule has 0 bridgehead atoms. The molecule has 2 aliphatic carbocycles. The van der Waals surface area contributed by atoms with Gasteiger partial charge in [0.05, 0.1) is 33.4 Å². The van der Waals surface area contributed by atoms with Crippen LogP contribution in [0.3, 0.4) is 0 Å². The van der Waals surface area contributed by atoms with Crippen LogP contribution in [0.4, 0.5) is 8.78 Å². The molecule has 2 aliphatic rings. The number of allylic oxidation sites excluding steroid dienone is 8. The van der Waals surface area contributed by atoms with Crippen LogP contribution in [0.1, 0.15) is 55.6 Å². The first-order valence-electron chi connectivity index (χ1n) is 13.1. The lowest BCUT2D eigenvalue weighted by atomic mass is 9.87. The van der Waals surface area contributed by atoms with Crippen molar-refractivity contribution in [1.29, 1.82) is 52.6 Å². The fourth-order valence-corrected chi connectivity index (χ4v) is 5.73. The van der Waals surface area contributed by atoms with E-state index >= 15 is 8.78 Å². The number of nitriles is 10. The molecule has 0 aliphatic heterocycles. The molecule has 214 valence electrons. The molecule has 48 heavy (non-hydrogen) atoms. The van der Waals surface area contributed by atoms with Crippen LogP contribution >= 0.6 is 0 Å².